The first-order chi connectivity index (χ1) is 10.9. The minimum atomic E-state index is -1.10. The molecule has 1 aliphatic carbocycles. The standard InChI is InChI=1S/C18H25N3OS/c1-17(2,3)23(22)21-16-15-5-4-13(12-19)10-14(15)11-18(16)6-8-20-9-7-18/h4-5,10,16,20-21H,6-9,11H2,1-3H3/t16?,23-/m1/s1. The van der Waals surface area contributed by atoms with Gasteiger partial charge in [-0.15, -0.1) is 4.72 Å². The number of piperidine rings is 1. The van der Waals surface area contributed by atoms with Gasteiger partial charge < -0.3 is 9.87 Å². The molecule has 0 aromatic heterocycles. The number of rotatable bonds is 2. The van der Waals surface area contributed by atoms with E-state index in [4.69, 9.17) is 5.26 Å². The summed E-state index contributed by atoms with van der Waals surface area (Å²) in [4.78, 5) is 0. The summed E-state index contributed by atoms with van der Waals surface area (Å²) in [6.07, 6.45) is 3.11. The minimum Gasteiger partial charge on any atom is -0.598 e. The van der Waals surface area contributed by atoms with Gasteiger partial charge in [-0.25, -0.2) is 0 Å². The SMILES string of the molecule is CC(C)(C)[S@@+]([O-])NC1c2ccc(C#N)cc2CC12CCNCC2. The second-order valence-corrected chi connectivity index (χ2v) is 9.74. The first-order valence-corrected chi connectivity index (χ1v) is 9.42. The van der Waals surface area contributed by atoms with Crippen LogP contribution in [-0.4, -0.2) is 22.4 Å². The fourth-order valence-electron chi connectivity index (χ4n) is 3.78. The molecule has 124 valence electrons. The average molecular weight is 331 g/mol. The second kappa shape index (κ2) is 6.10. The monoisotopic (exact) mass is 331 g/mol. The van der Waals surface area contributed by atoms with Gasteiger partial charge in [-0.3, -0.25) is 0 Å². The van der Waals surface area contributed by atoms with Crippen molar-refractivity contribution in [1.82, 2.24) is 10.0 Å². The molecule has 1 aliphatic heterocycles. The zero-order valence-corrected chi connectivity index (χ0v) is 14.9. The van der Waals surface area contributed by atoms with Crippen molar-refractivity contribution in [1.29, 1.82) is 5.26 Å². The quantitative estimate of drug-likeness (QED) is 0.817. The van der Waals surface area contributed by atoms with Crippen LogP contribution in [0.4, 0.5) is 0 Å². The van der Waals surface area contributed by atoms with E-state index < -0.39 is 11.4 Å². The Morgan fingerprint density at radius 1 is 1.35 bits per heavy atom. The summed E-state index contributed by atoms with van der Waals surface area (Å²) >= 11 is -1.10. The summed E-state index contributed by atoms with van der Waals surface area (Å²) in [7, 11) is 0. The average Bonchev–Trinajstić information content (AvgIpc) is 2.79. The number of hydrogen-bond donors (Lipinski definition) is 2. The second-order valence-electron chi connectivity index (χ2n) is 7.75. The first-order valence-electron chi connectivity index (χ1n) is 8.27. The smallest absolute Gasteiger partial charge is 0.136 e. The molecule has 0 saturated carbocycles. The molecule has 2 atom stereocenters. The third-order valence-corrected chi connectivity index (χ3v) is 6.68. The lowest BCUT2D eigenvalue weighted by atomic mass is 9.73. The van der Waals surface area contributed by atoms with Crippen LogP contribution in [0.25, 0.3) is 0 Å². The van der Waals surface area contributed by atoms with Crippen molar-refractivity contribution in [3.05, 3.63) is 34.9 Å². The topological polar surface area (TPSA) is 70.9 Å². The van der Waals surface area contributed by atoms with Crippen molar-refractivity contribution in [3.8, 4) is 6.07 Å². The molecule has 23 heavy (non-hydrogen) atoms. The van der Waals surface area contributed by atoms with Crippen molar-refractivity contribution in [2.24, 2.45) is 5.41 Å². The number of nitrogens with zero attached hydrogens (tertiary/aromatic N) is 1. The van der Waals surface area contributed by atoms with Crippen LogP contribution in [0.15, 0.2) is 18.2 Å². The highest BCUT2D eigenvalue weighted by atomic mass is 32.2. The molecule has 1 spiro atoms. The van der Waals surface area contributed by atoms with Crippen molar-refractivity contribution >= 4 is 11.4 Å². The van der Waals surface area contributed by atoms with E-state index in [1.807, 2.05) is 32.9 Å². The fourth-order valence-corrected chi connectivity index (χ4v) is 4.73. The van der Waals surface area contributed by atoms with Crippen molar-refractivity contribution < 1.29 is 4.55 Å². The number of nitriles is 1. The molecule has 1 aromatic rings. The zero-order valence-electron chi connectivity index (χ0n) is 14.1. The molecule has 2 aliphatic rings. The van der Waals surface area contributed by atoms with Crippen molar-refractivity contribution in [2.45, 2.75) is 50.8 Å². The van der Waals surface area contributed by atoms with Gasteiger partial charge in [-0.05, 0) is 76.4 Å². The fraction of sp³-hybridized carbons (Fsp3) is 0.611. The molecule has 1 fully saturated rings. The molecule has 5 heteroatoms. The van der Waals surface area contributed by atoms with E-state index in [9.17, 15) is 4.55 Å². The highest BCUT2D eigenvalue weighted by molar-refractivity contribution is 7.90. The van der Waals surface area contributed by atoms with Crippen LogP contribution in [0.2, 0.25) is 0 Å². The van der Waals surface area contributed by atoms with Gasteiger partial charge in [-0.2, -0.15) is 5.26 Å². The van der Waals surface area contributed by atoms with Crippen LogP contribution >= 0.6 is 0 Å². The molecule has 0 radical (unpaired) electrons. The number of hydrogen-bond acceptors (Lipinski definition) is 4. The van der Waals surface area contributed by atoms with E-state index in [0.29, 0.717) is 5.56 Å². The summed E-state index contributed by atoms with van der Waals surface area (Å²) < 4.78 is 15.9. The highest BCUT2D eigenvalue weighted by Gasteiger charge is 2.49. The summed E-state index contributed by atoms with van der Waals surface area (Å²) in [5, 5.41) is 12.6. The lowest BCUT2D eigenvalue weighted by Crippen LogP contribution is -2.48. The number of benzene rings is 1. The molecular formula is C18H25N3OS. The van der Waals surface area contributed by atoms with E-state index in [0.717, 1.165) is 32.4 Å². The van der Waals surface area contributed by atoms with E-state index in [2.05, 4.69) is 22.2 Å². The third-order valence-electron chi connectivity index (χ3n) is 5.12. The summed E-state index contributed by atoms with van der Waals surface area (Å²) in [5.74, 6) is 0. The van der Waals surface area contributed by atoms with Gasteiger partial charge >= 0.3 is 0 Å². The van der Waals surface area contributed by atoms with E-state index in [-0.39, 0.29) is 16.2 Å². The van der Waals surface area contributed by atoms with Crippen LogP contribution in [0.5, 0.6) is 0 Å². The summed E-state index contributed by atoms with van der Waals surface area (Å²) in [5.41, 5.74) is 3.30. The van der Waals surface area contributed by atoms with Gasteiger partial charge in [0.05, 0.1) is 17.7 Å². The van der Waals surface area contributed by atoms with Crippen LogP contribution in [0.3, 0.4) is 0 Å². The predicted octanol–water partition coefficient (Wildman–Crippen LogP) is 2.58. The van der Waals surface area contributed by atoms with Gasteiger partial charge in [0.15, 0.2) is 0 Å². The maximum atomic E-state index is 12.7. The Labute approximate surface area is 142 Å². The van der Waals surface area contributed by atoms with E-state index in [1.165, 1.54) is 11.1 Å². The molecule has 1 heterocycles. The van der Waals surface area contributed by atoms with Crippen LogP contribution in [0.1, 0.15) is 56.3 Å². The lowest BCUT2D eigenvalue weighted by Gasteiger charge is -2.40. The minimum absolute atomic E-state index is 0.104. The van der Waals surface area contributed by atoms with Gasteiger partial charge in [0.25, 0.3) is 0 Å². The third kappa shape index (κ3) is 3.14. The lowest BCUT2D eigenvalue weighted by molar-refractivity contribution is 0.163. The Morgan fingerprint density at radius 2 is 2.04 bits per heavy atom. The Bertz CT molecular complexity index is 626. The Hall–Kier alpha value is -1.06. The molecule has 4 nitrogen and oxygen atoms in total. The Balaban J connectivity index is 1.96. The largest absolute Gasteiger partial charge is 0.598 e. The molecule has 3 rings (SSSR count). The first kappa shape index (κ1) is 16.8. The molecule has 1 saturated heterocycles. The summed E-state index contributed by atoms with van der Waals surface area (Å²) in [6, 6.07) is 8.29. The zero-order chi connectivity index (χ0) is 16.7. The molecule has 0 bridgehead atoms. The highest BCUT2D eigenvalue weighted by Crippen LogP contribution is 2.51. The molecular weight excluding hydrogens is 306 g/mol. The van der Waals surface area contributed by atoms with E-state index >= 15 is 0 Å². The Kier molecular flexibility index (Phi) is 4.45. The Morgan fingerprint density at radius 3 is 2.65 bits per heavy atom. The molecule has 1 aromatic carbocycles. The van der Waals surface area contributed by atoms with Crippen LogP contribution in [-0.2, 0) is 17.8 Å². The normalized spacial score (nSPS) is 24.2. The van der Waals surface area contributed by atoms with Gasteiger partial charge in [0.2, 0.25) is 0 Å². The number of nitrogens with one attached hydrogen (secondary N) is 2. The molecule has 0 amide bonds. The van der Waals surface area contributed by atoms with Crippen molar-refractivity contribution in [2.75, 3.05) is 13.1 Å². The maximum Gasteiger partial charge on any atom is 0.136 e. The molecule has 2 N–H and O–H groups in total. The van der Waals surface area contributed by atoms with Crippen molar-refractivity contribution in [3.63, 3.8) is 0 Å². The molecule has 1 unspecified atom stereocenters. The predicted molar refractivity (Wildman–Crippen MR) is 93.2 cm³/mol. The van der Waals surface area contributed by atoms with E-state index in [1.54, 1.807) is 0 Å². The summed E-state index contributed by atoms with van der Waals surface area (Å²) in [6.45, 7) is 8.00. The van der Waals surface area contributed by atoms with Gasteiger partial charge in [0.1, 0.15) is 4.75 Å². The maximum absolute atomic E-state index is 12.7. The van der Waals surface area contributed by atoms with Crippen LogP contribution in [0, 0.1) is 16.7 Å². The van der Waals surface area contributed by atoms with Crippen LogP contribution < -0.4 is 10.0 Å². The van der Waals surface area contributed by atoms with Gasteiger partial charge in [0, 0.05) is 16.8 Å². The number of fused-ring (bicyclic) bond motifs is 1. The van der Waals surface area contributed by atoms with Gasteiger partial charge in [-0.1, -0.05) is 6.07 Å².